The predicted octanol–water partition coefficient (Wildman–Crippen LogP) is 2.99. The van der Waals surface area contributed by atoms with E-state index in [0.717, 1.165) is 62.4 Å². The van der Waals surface area contributed by atoms with Crippen molar-refractivity contribution in [3.63, 3.8) is 0 Å². The first-order valence-corrected chi connectivity index (χ1v) is 7.43. The number of hydrogen-bond donors (Lipinski definition) is 1. The average molecular weight is 238 g/mol. The first kappa shape index (κ1) is 12.0. The fourth-order valence-electron chi connectivity index (χ4n) is 5.03. The number of ether oxygens (including phenoxy) is 1. The zero-order valence-electron chi connectivity index (χ0n) is 11.0. The molecule has 0 spiro atoms. The summed E-state index contributed by atoms with van der Waals surface area (Å²) in [6.07, 6.45) is 9.81. The van der Waals surface area contributed by atoms with Crippen LogP contribution in [0.15, 0.2) is 0 Å². The van der Waals surface area contributed by atoms with Gasteiger partial charge < -0.3 is 9.84 Å². The zero-order chi connectivity index (χ0) is 11.9. The highest BCUT2D eigenvalue weighted by Gasteiger charge is 2.55. The van der Waals surface area contributed by atoms with E-state index in [0.29, 0.717) is 0 Å². The van der Waals surface area contributed by atoms with Gasteiger partial charge in [-0.25, -0.2) is 0 Å². The highest BCUT2D eigenvalue weighted by molar-refractivity contribution is 5.06. The highest BCUT2D eigenvalue weighted by atomic mass is 16.5. The van der Waals surface area contributed by atoms with Crippen molar-refractivity contribution < 1.29 is 9.84 Å². The van der Waals surface area contributed by atoms with E-state index < -0.39 is 0 Å². The van der Waals surface area contributed by atoms with E-state index in [1.54, 1.807) is 7.11 Å². The Hall–Kier alpha value is -0.0800. The van der Waals surface area contributed by atoms with Gasteiger partial charge in [-0.2, -0.15) is 0 Å². The highest BCUT2D eigenvalue weighted by Crippen LogP contribution is 2.61. The topological polar surface area (TPSA) is 29.5 Å². The van der Waals surface area contributed by atoms with Crippen molar-refractivity contribution in [1.82, 2.24) is 0 Å². The third-order valence-corrected chi connectivity index (χ3v) is 5.75. The summed E-state index contributed by atoms with van der Waals surface area (Å²) in [7, 11) is 1.76. The van der Waals surface area contributed by atoms with Crippen LogP contribution in [0, 0.1) is 23.7 Å². The van der Waals surface area contributed by atoms with Gasteiger partial charge in [-0.1, -0.05) is 0 Å². The van der Waals surface area contributed by atoms with Crippen LogP contribution >= 0.6 is 0 Å². The molecule has 0 aromatic rings. The normalized spacial score (nSPS) is 47.6. The molecule has 3 aliphatic rings. The largest absolute Gasteiger partial charge is 0.390 e. The molecule has 2 heteroatoms. The van der Waals surface area contributed by atoms with Gasteiger partial charge in [0.05, 0.1) is 5.60 Å². The average Bonchev–Trinajstić information content (AvgIpc) is 2.95. The molecule has 98 valence electrons. The standard InChI is InChI=1S/C15H26O2/c1-17-7-3-2-6-15(16)9-13-11-4-5-12(8-11)14(13)10-15/h11-14,16H,2-10H2,1H3. The summed E-state index contributed by atoms with van der Waals surface area (Å²) in [5.74, 6) is 3.69. The summed E-state index contributed by atoms with van der Waals surface area (Å²) < 4.78 is 5.08. The van der Waals surface area contributed by atoms with Gasteiger partial charge in [0, 0.05) is 13.7 Å². The van der Waals surface area contributed by atoms with Gasteiger partial charge in [0.25, 0.3) is 0 Å². The van der Waals surface area contributed by atoms with Gasteiger partial charge in [0.1, 0.15) is 0 Å². The van der Waals surface area contributed by atoms with Crippen LogP contribution in [0.4, 0.5) is 0 Å². The molecular formula is C15H26O2. The summed E-state index contributed by atoms with van der Waals surface area (Å²) >= 11 is 0. The van der Waals surface area contributed by atoms with Crippen LogP contribution in [0.25, 0.3) is 0 Å². The number of unbranched alkanes of at least 4 members (excludes halogenated alkanes) is 1. The molecule has 0 amide bonds. The minimum Gasteiger partial charge on any atom is -0.390 e. The molecule has 2 bridgehead atoms. The molecule has 3 saturated carbocycles. The van der Waals surface area contributed by atoms with Crippen LogP contribution in [0.2, 0.25) is 0 Å². The van der Waals surface area contributed by atoms with E-state index >= 15 is 0 Å². The van der Waals surface area contributed by atoms with E-state index in [1.165, 1.54) is 19.3 Å². The van der Waals surface area contributed by atoms with E-state index in [1.807, 2.05) is 0 Å². The SMILES string of the molecule is COCCCCC1(O)CC2C3CCC(C3)C2C1. The number of aliphatic hydroxyl groups is 1. The molecule has 0 radical (unpaired) electrons. The van der Waals surface area contributed by atoms with Gasteiger partial charge in [0.2, 0.25) is 0 Å². The lowest BCUT2D eigenvalue weighted by molar-refractivity contribution is 0.0231. The van der Waals surface area contributed by atoms with Crippen molar-refractivity contribution in [2.75, 3.05) is 13.7 Å². The van der Waals surface area contributed by atoms with Crippen LogP contribution in [-0.4, -0.2) is 24.4 Å². The summed E-state index contributed by atoms with van der Waals surface area (Å²) in [4.78, 5) is 0. The fraction of sp³-hybridized carbons (Fsp3) is 1.00. The molecular weight excluding hydrogens is 212 g/mol. The van der Waals surface area contributed by atoms with Crippen molar-refractivity contribution in [1.29, 1.82) is 0 Å². The van der Waals surface area contributed by atoms with E-state index in [9.17, 15) is 5.11 Å². The van der Waals surface area contributed by atoms with Crippen molar-refractivity contribution in [2.45, 2.75) is 57.0 Å². The summed E-state index contributed by atoms with van der Waals surface area (Å²) in [6.45, 7) is 0.841. The summed E-state index contributed by atoms with van der Waals surface area (Å²) in [6, 6.07) is 0. The lowest BCUT2D eigenvalue weighted by Crippen LogP contribution is -2.26. The first-order valence-electron chi connectivity index (χ1n) is 7.43. The van der Waals surface area contributed by atoms with Crippen LogP contribution in [0.5, 0.6) is 0 Å². The number of fused-ring (bicyclic) bond motifs is 5. The van der Waals surface area contributed by atoms with Crippen LogP contribution < -0.4 is 0 Å². The molecule has 1 N–H and O–H groups in total. The molecule has 3 aliphatic carbocycles. The second kappa shape index (κ2) is 4.55. The minimum absolute atomic E-state index is 0.315. The lowest BCUT2D eigenvalue weighted by atomic mass is 9.82. The summed E-state index contributed by atoms with van der Waals surface area (Å²) in [5, 5.41) is 10.7. The maximum atomic E-state index is 10.7. The first-order chi connectivity index (χ1) is 8.22. The van der Waals surface area contributed by atoms with Gasteiger partial charge in [-0.3, -0.25) is 0 Å². The number of hydrogen-bond acceptors (Lipinski definition) is 2. The third kappa shape index (κ3) is 2.15. The van der Waals surface area contributed by atoms with Crippen molar-refractivity contribution in [2.24, 2.45) is 23.7 Å². The van der Waals surface area contributed by atoms with Crippen LogP contribution in [0.3, 0.4) is 0 Å². The Morgan fingerprint density at radius 1 is 1.12 bits per heavy atom. The van der Waals surface area contributed by atoms with Crippen LogP contribution in [-0.2, 0) is 4.74 Å². The smallest absolute Gasteiger partial charge is 0.0653 e. The maximum Gasteiger partial charge on any atom is 0.0653 e. The van der Waals surface area contributed by atoms with E-state index in [4.69, 9.17) is 4.74 Å². The molecule has 4 atom stereocenters. The van der Waals surface area contributed by atoms with E-state index in [2.05, 4.69) is 0 Å². The van der Waals surface area contributed by atoms with Crippen molar-refractivity contribution >= 4 is 0 Å². The monoisotopic (exact) mass is 238 g/mol. The fourth-order valence-corrected chi connectivity index (χ4v) is 5.03. The maximum absolute atomic E-state index is 10.7. The Morgan fingerprint density at radius 2 is 1.76 bits per heavy atom. The van der Waals surface area contributed by atoms with Gasteiger partial charge in [-0.15, -0.1) is 0 Å². The molecule has 0 saturated heterocycles. The second-order valence-electron chi connectivity index (χ2n) is 6.74. The number of rotatable bonds is 5. The molecule has 0 aliphatic heterocycles. The molecule has 3 fully saturated rings. The summed E-state index contributed by atoms with van der Waals surface area (Å²) in [5.41, 5.74) is -0.315. The number of methoxy groups -OCH3 is 1. The Kier molecular flexibility index (Phi) is 3.20. The molecule has 0 aromatic heterocycles. The molecule has 4 unspecified atom stereocenters. The third-order valence-electron chi connectivity index (χ3n) is 5.75. The zero-order valence-corrected chi connectivity index (χ0v) is 11.0. The second-order valence-corrected chi connectivity index (χ2v) is 6.74. The molecule has 0 heterocycles. The minimum atomic E-state index is -0.315. The lowest BCUT2D eigenvalue weighted by Gasteiger charge is -2.24. The van der Waals surface area contributed by atoms with Gasteiger partial charge in [0.15, 0.2) is 0 Å². The Bertz CT molecular complexity index is 258. The molecule has 3 rings (SSSR count). The Morgan fingerprint density at radius 3 is 2.35 bits per heavy atom. The predicted molar refractivity (Wildman–Crippen MR) is 67.7 cm³/mol. The van der Waals surface area contributed by atoms with Crippen molar-refractivity contribution in [3.8, 4) is 0 Å². The molecule has 0 aromatic carbocycles. The Labute approximate surface area is 105 Å². The quantitative estimate of drug-likeness (QED) is 0.746. The molecule has 2 nitrogen and oxygen atoms in total. The molecule has 17 heavy (non-hydrogen) atoms. The van der Waals surface area contributed by atoms with Gasteiger partial charge in [-0.05, 0) is 75.0 Å². The van der Waals surface area contributed by atoms with E-state index in [-0.39, 0.29) is 5.60 Å². The van der Waals surface area contributed by atoms with Crippen molar-refractivity contribution in [3.05, 3.63) is 0 Å². The Balaban J connectivity index is 1.52. The van der Waals surface area contributed by atoms with Gasteiger partial charge >= 0.3 is 0 Å². The van der Waals surface area contributed by atoms with Crippen LogP contribution in [0.1, 0.15) is 51.4 Å².